The Morgan fingerprint density at radius 2 is 1.84 bits per heavy atom. The van der Waals surface area contributed by atoms with Gasteiger partial charge in [0.25, 0.3) is 5.91 Å². The fourth-order valence-corrected chi connectivity index (χ4v) is 2.49. The summed E-state index contributed by atoms with van der Waals surface area (Å²) >= 11 is 0. The van der Waals surface area contributed by atoms with E-state index < -0.39 is 0 Å². The van der Waals surface area contributed by atoms with E-state index in [1.807, 2.05) is 32.0 Å². The van der Waals surface area contributed by atoms with Crippen LogP contribution in [0.3, 0.4) is 0 Å². The average molecular weight is 258 g/mol. The quantitative estimate of drug-likeness (QED) is 0.816. The Kier molecular flexibility index (Phi) is 4.25. The Morgan fingerprint density at radius 1 is 1.11 bits per heavy atom. The van der Waals surface area contributed by atoms with Gasteiger partial charge in [0, 0.05) is 11.3 Å². The Labute approximate surface area is 115 Å². The van der Waals surface area contributed by atoms with Crippen molar-refractivity contribution in [1.82, 2.24) is 10.9 Å². The largest absolute Gasteiger partial charge is 0.303 e. The van der Waals surface area contributed by atoms with Gasteiger partial charge in [0.15, 0.2) is 0 Å². The van der Waals surface area contributed by atoms with Gasteiger partial charge < -0.3 is 5.43 Å². The lowest BCUT2D eigenvalue weighted by atomic mass is 9.98. The van der Waals surface area contributed by atoms with E-state index in [9.17, 15) is 4.79 Å². The van der Waals surface area contributed by atoms with Gasteiger partial charge in [-0.1, -0.05) is 23.3 Å². The maximum absolute atomic E-state index is 12.1. The maximum Gasteiger partial charge on any atom is 0.269 e. The van der Waals surface area contributed by atoms with Crippen molar-refractivity contribution in [1.29, 1.82) is 0 Å². The number of carbonyl (C=O) groups is 1. The number of allylic oxidation sites excluding steroid dienone is 2. The lowest BCUT2D eigenvalue weighted by Gasteiger charge is -2.20. The molecule has 19 heavy (non-hydrogen) atoms. The Morgan fingerprint density at radius 3 is 2.53 bits per heavy atom. The monoisotopic (exact) mass is 258 g/mol. The molecule has 0 atom stereocenters. The van der Waals surface area contributed by atoms with Gasteiger partial charge in [-0.15, -0.1) is 0 Å². The Balaban J connectivity index is 2.01. The van der Waals surface area contributed by atoms with Gasteiger partial charge in [-0.2, -0.15) is 0 Å². The van der Waals surface area contributed by atoms with Crippen LogP contribution in [-0.4, -0.2) is 5.91 Å². The van der Waals surface area contributed by atoms with E-state index in [4.69, 9.17) is 0 Å². The molecular formula is C16H22N2O. The van der Waals surface area contributed by atoms with Gasteiger partial charge in [0.05, 0.1) is 0 Å². The molecule has 3 heteroatoms. The SMILES string of the molecule is CC1=C(NNC(=O)c2ccc(C)cc2C)CCCC1. The summed E-state index contributed by atoms with van der Waals surface area (Å²) in [6, 6.07) is 5.87. The third-order valence-electron chi connectivity index (χ3n) is 3.70. The highest BCUT2D eigenvalue weighted by Crippen LogP contribution is 2.21. The molecule has 1 aromatic carbocycles. The molecule has 0 spiro atoms. The predicted octanol–water partition coefficient (Wildman–Crippen LogP) is 3.39. The molecule has 0 radical (unpaired) electrons. The summed E-state index contributed by atoms with van der Waals surface area (Å²) in [5.41, 5.74) is 11.3. The van der Waals surface area contributed by atoms with Crippen LogP contribution in [0, 0.1) is 13.8 Å². The summed E-state index contributed by atoms with van der Waals surface area (Å²) < 4.78 is 0. The lowest BCUT2D eigenvalue weighted by Crippen LogP contribution is -2.38. The molecule has 1 aromatic rings. The molecule has 0 aliphatic heterocycles. The van der Waals surface area contributed by atoms with E-state index in [-0.39, 0.29) is 5.91 Å². The fourth-order valence-electron chi connectivity index (χ4n) is 2.49. The maximum atomic E-state index is 12.1. The van der Waals surface area contributed by atoms with Crippen molar-refractivity contribution >= 4 is 5.91 Å². The first-order valence-corrected chi connectivity index (χ1v) is 6.90. The number of amides is 1. The van der Waals surface area contributed by atoms with Gasteiger partial charge in [-0.3, -0.25) is 10.2 Å². The number of rotatable bonds is 3. The molecule has 102 valence electrons. The molecule has 0 unspecified atom stereocenters. The van der Waals surface area contributed by atoms with Crippen molar-refractivity contribution in [2.75, 3.05) is 0 Å². The third kappa shape index (κ3) is 3.37. The topological polar surface area (TPSA) is 41.1 Å². The minimum absolute atomic E-state index is 0.0663. The molecule has 0 aromatic heterocycles. The van der Waals surface area contributed by atoms with Gasteiger partial charge in [-0.25, -0.2) is 0 Å². The number of benzene rings is 1. The summed E-state index contributed by atoms with van der Waals surface area (Å²) in [5, 5.41) is 0. The molecule has 0 saturated carbocycles. The second kappa shape index (κ2) is 5.91. The smallest absolute Gasteiger partial charge is 0.269 e. The summed E-state index contributed by atoms with van der Waals surface area (Å²) in [6.07, 6.45) is 4.60. The Bertz CT molecular complexity index is 517. The number of hydrazine groups is 1. The van der Waals surface area contributed by atoms with Crippen LogP contribution in [0.4, 0.5) is 0 Å². The molecule has 0 bridgehead atoms. The van der Waals surface area contributed by atoms with Crippen molar-refractivity contribution in [2.45, 2.75) is 46.5 Å². The average Bonchev–Trinajstić information content (AvgIpc) is 2.37. The van der Waals surface area contributed by atoms with Crippen LogP contribution < -0.4 is 10.9 Å². The third-order valence-corrected chi connectivity index (χ3v) is 3.70. The number of aryl methyl sites for hydroxylation is 2. The van der Waals surface area contributed by atoms with Crippen LogP contribution in [0.5, 0.6) is 0 Å². The standard InChI is InChI=1S/C16H22N2O/c1-11-8-9-14(13(3)10-11)16(19)18-17-15-7-5-4-6-12(15)2/h8-10,17H,4-7H2,1-3H3,(H,18,19). The summed E-state index contributed by atoms with van der Waals surface area (Å²) in [6.45, 7) is 6.13. The van der Waals surface area contributed by atoms with Crippen molar-refractivity contribution in [2.24, 2.45) is 0 Å². The molecule has 1 amide bonds. The number of carbonyl (C=O) groups excluding carboxylic acids is 1. The highest BCUT2D eigenvalue weighted by molar-refractivity contribution is 5.95. The van der Waals surface area contributed by atoms with E-state index in [0.29, 0.717) is 0 Å². The number of hydrogen-bond donors (Lipinski definition) is 2. The van der Waals surface area contributed by atoms with Gasteiger partial charge >= 0.3 is 0 Å². The fraction of sp³-hybridized carbons (Fsp3) is 0.438. The summed E-state index contributed by atoms with van der Waals surface area (Å²) in [7, 11) is 0. The lowest BCUT2D eigenvalue weighted by molar-refractivity contribution is 0.0937. The predicted molar refractivity (Wildman–Crippen MR) is 77.7 cm³/mol. The molecule has 1 aliphatic carbocycles. The first kappa shape index (κ1) is 13.7. The van der Waals surface area contributed by atoms with Gasteiger partial charge in [0.1, 0.15) is 0 Å². The molecule has 2 N–H and O–H groups in total. The summed E-state index contributed by atoms with van der Waals surface area (Å²) in [4.78, 5) is 12.1. The molecule has 3 nitrogen and oxygen atoms in total. The second-order valence-electron chi connectivity index (χ2n) is 5.36. The second-order valence-corrected chi connectivity index (χ2v) is 5.36. The highest BCUT2D eigenvalue weighted by atomic mass is 16.2. The van der Waals surface area contributed by atoms with E-state index in [2.05, 4.69) is 17.8 Å². The van der Waals surface area contributed by atoms with Crippen LogP contribution in [0.25, 0.3) is 0 Å². The van der Waals surface area contributed by atoms with Crippen LogP contribution in [0.1, 0.15) is 54.1 Å². The first-order valence-electron chi connectivity index (χ1n) is 6.90. The van der Waals surface area contributed by atoms with Crippen molar-refractivity contribution in [3.8, 4) is 0 Å². The van der Waals surface area contributed by atoms with E-state index in [0.717, 1.165) is 24.0 Å². The van der Waals surface area contributed by atoms with E-state index in [1.165, 1.54) is 29.7 Å². The zero-order valence-electron chi connectivity index (χ0n) is 12.0. The number of hydrogen-bond acceptors (Lipinski definition) is 2. The van der Waals surface area contributed by atoms with Crippen molar-refractivity contribution < 1.29 is 4.79 Å². The molecule has 0 heterocycles. The van der Waals surface area contributed by atoms with Gasteiger partial charge in [0.2, 0.25) is 0 Å². The zero-order valence-corrected chi connectivity index (χ0v) is 12.0. The minimum Gasteiger partial charge on any atom is -0.303 e. The van der Waals surface area contributed by atoms with Crippen LogP contribution in [-0.2, 0) is 0 Å². The van der Waals surface area contributed by atoms with Crippen LogP contribution in [0.2, 0.25) is 0 Å². The Hall–Kier alpha value is -1.77. The summed E-state index contributed by atoms with van der Waals surface area (Å²) in [5.74, 6) is -0.0663. The van der Waals surface area contributed by atoms with Crippen molar-refractivity contribution in [3.05, 3.63) is 46.2 Å². The molecule has 0 fully saturated rings. The highest BCUT2D eigenvalue weighted by Gasteiger charge is 2.12. The normalized spacial score (nSPS) is 15.3. The minimum atomic E-state index is -0.0663. The zero-order chi connectivity index (χ0) is 13.8. The van der Waals surface area contributed by atoms with Gasteiger partial charge in [-0.05, 0) is 58.1 Å². The molecule has 1 aliphatic rings. The molecular weight excluding hydrogens is 236 g/mol. The van der Waals surface area contributed by atoms with Crippen molar-refractivity contribution in [3.63, 3.8) is 0 Å². The van der Waals surface area contributed by atoms with E-state index >= 15 is 0 Å². The van der Waals surface area contributed by atoms with Crippen LogP contribution in [0.15, 0.2) is 29.5 Å². The molecule has 0 saturated heterocycles. The first-order chi connectivity index (χ1) is 9.08. The van der Waals surface area contributed by atoms with E-state index in [1.54, 1.807) is 0 Å². The van der Waals surface area contributed by atoms with Crippen LogP contribution >= 0.6 is 0 Å². The number of nitrogens with one attached hydrogen (secondary N) is 2. The molecule has 2 rings (SSSR count).